The van der Waals surface area contributed by atoms with Crippen LogP contribution in [0.25, 0.3) is 16.5 Å². The number of ether oxygens (including phenoxy) is 1. The Bertz CT molecular complexity index is 985. The number of allylic oxidation sites excluding steroid dienone is 1. The number of thiophene rings is 1. The monoisotopic (exact) mass is 427 g/mol. The van der Waals surface area contributed by atoms with Crippen LogP contribution in [0.15, 0.2) is 53.9 Å². The Morgan fingerprint density at radius 3 is 2.63 bits per heavy atom. The maximum atomic E-state index is 12.4. The van der Waals surface area contributed by atoms with Crippen LogP contribution in [0.2, 0.25) is 10.0 Å². The normalized spacial score (nSPS) is 10.6. The van der Waals surface area contributed by atoms with Gasteiger partial charge < -0.3 is 9.84 Å². The second-order valence-corrected chi connectivity index (χ2v) is 7.12. The fourth-order valence-corrected chi connectivity index (χ4v) is 3.50. The molecule has 3 rings (SSSR count). The average molecular weight is 428 g/mol. The van der Waals surface area contributed by atoms with Gasteiger partial charge >= 0.3 is 29.6 Å². The predicted octanol–water partition coefficient (Wildman–Crippen LogP) is 3.34. The standard InChI is InChI=1S/C20H14Cl2O3S.Na/c1-25-17-9-5-13(18-3-2-10-26-18)11-12(17)4-8-16(23)14-6-7-15(21)19(22)20(14)24;/h2-11,24H,1H3;/q;+1/b8-4+;. The fraction of sp³-hybridized carbons (Fsp3) is 0.0500. The van der Waals surface area contributed by atoms with E-state index in [0.717, 1.165) is 16.0 Å². The third kappa shape index (κ3) is 4.96. The first kappa shape index (κ1) is 22.0. The van der Waals surface area contributed by atoms with Crippen LogP contribution in [0.1, 0.15) is 15.9 Å². The third-order valence-corrected chi connectivity index (χ3v) is 5.50. The van der Waals surface area contributed by atoms with Gasteiger partial charge in [-0.3, -0.25) is 4.79 Å². The number of halogens is 2. The van der Waals surface area contributed by atoms with Gasteiger partial charge in [-0.2, -0.15) is 0 Å². The van der Waals surface area contributed by atoms with Crippen LogP contribution < -0.4 is 34.3 Å². The molecule has 0 amide bonds. The minimum absolute atomic E-state index is 0. The minimum atomic E-state index is -0.385. The van der Waals surface area contributed by atoms with Gasteiger partial charge in [0.2, 0.25) is 0 Å². The van der Waals surface area contributed by atoms with Gasteiger partial charge in [-0.15, -0.1) is 11.3 Å². The Hall–Kier alpha value is -1.27. The zero-order valence-corrected chi connectivity index (χ0v) is 19.0. The molecule has 0 saturated heterocycles. The Morgan fingerprint density at radius 2 is 1.96 bits per heavy atom. The molecule has 27 heavy (non-hydrogen) atoms. The molecule has 1 N–H and O–H groups in total. The van der Waals surface area contributed by atoms with Crippen molar-refractivity contribution in [2.75, 3.05) is 7.11 Å². The van der Waals surface area contributed by atoms with E-state index in [2.05, 4.69) is 0 Å². The largest absolute Gasteiger partial charge is 1.00 e. The molecular weight excluding hydrogens is 414 g/mol. The van der Waals surface area contributed by atoms with Gasteiger partial charge in [0.1, 0.15) is 16.5 Å². The molecule has 0 aliphatic rings. The van der Waals surface area contributed by atoms with Crippen molar-refractivity contribution in [3.05, 3.63) is 75.1 Å². The summed E-state index contributed by atoms with van der Waals surface area (Å²) in [5.74, 6) is -0.0644. The molecule has 3 nitrogen and oxygen atoms in total. The van der Waals surface area contributed by atoms with E-state index in [1.54, 1.807) is 24.5 Å². The molecule has 0 saturated carbocycles. The molecule has 1 heterocycles. The van der Waals surface area contributed by atoms with Crippen LogP contribution in [0.3, 0.4) is 0 Å². The molecule has 2 aromatic carbocycles. The summed E-state index contributed by atoms with van der Waals surface area (Å²) in [4.78, 5) is 13.5. The third-order valence-electron chi connectivity index (χ3n) is 3.78. The number of aromatic hydroxyl groups is 1. The average Bonchev–Trinajstić information content (AvgIpc) is 3.19. The van der Waals surface area contributed by atoms with Crippen LogP contribution >= 0.6 is 34.5 Å². The van der Waals surface area contributed by atoms with Crippen LogP contribution in [-0.4, -0.2) is 18.0 Å². The number of rotatable bonds is 5. The molecule has 0 spiro atoms. The van der Waals surface area contributed by atoms with Crippen molar-refractivity contribution in [3.8, 4) is 21.9 Å². The number of ketones is 1. The number of methoxy groups -OCH3 is 1. The zero-order chi connectivity index (χ0) is 18.7. The van der Waals surface area contributed by atoms with E-state index >= 15 is 0 Å². The first-order chi connectivity index (χ1) is 12.5. The molecule has 0 aliphatic heterocycles. The van der Waals surface area contributed by atoms with Crippen molar-refractivity contribution >= 4 is 46.4 Å². The molecule has 0 aliphatic carbocycles. The van der Waals surface area contributed by atoms with E-state index in [0.29, 0.717) is 5.75 Å². The van der Waals surface area contributed by atoms with Gasteiger partial charge in [0.25, 0.3) is 0 Å². The van der Waals surface area contributed by atoms with Crippen LogP contribution in [0, 0.1) is 0 Å². The Kier molecular flexibility index (Phi) is 7.98. The molecule has 0 bridgehead atoms. The van der Waals surface area contributed by atoms with Crippen molar-refractivity contribution in [3.63, 3.8) is 0 Å². The molecule has 0 radical (unpaired) electrons. The van der Waals surface area contributed by atoms with Crippen molar-refractivity contribution in [1.82, 2.24) is 0 Å². The van der Waals surface area contributed by atoms with Crippen LogP contribution in [-0.2, 0) is 0 Å². The molecule has 1 aromatic heterocycles. The van der Waals surface area contributed by atoms with E-state index < -0.39 is 0 Å². The van der Waals surface area contributed by atoms with Crippen LogP contribution in [0.5, 0.6) is 11.5 Å². The van der Waals surface area contributed by atoms with Gasteiger partial charge in [0.05, 0.1) is 17.7 Å². The molecule has 132 valence electrons. The maximum Gasteiger partial charge on any atom is 1.00 e. The van der Waals surface area contributed by atoms with E-state index in [1.165, 1.54) is 18.2 Å². The molecular formula is C20H14Cl2NaO3S+. The van der Waals surface area contributed by atoms with E-state index in [4.69, 9.17) is 27.9 Å². The van der Waals surface area contributed by atoms with Gasteiger partial charge in [-0.05, 0) is 59.5 Å². The molecule has 7 heteroatoms. The maximum absolute atomic E-state index is 12.4. The first-order valence-corrected chi connectivity index (χ1v) is 9.26. The molecule has 0 unspecified atom stereocenters. The summed E-state index contributed by atoms with van der Waals surface area (Å²) in [5.41, 5.74) is 1.88. The van der Waals surface area contributed by atoms with Gasteiger partial charge in [0.15, 0.2) is 5.78 Å². The zero-order valence-electron chi connectivity index (χ0n) is 14.7. The van der Waals surface area contributed by atoms with Crippen LogP contribution in [0.4, 0.5) is 0 Å². The van der Waals surface area contributed by atoms with E-state index in [9.17, 15) is 9.90 Å². The Balaban J connectivity index is 0.00000261. The second kappa shape index (κ2) is 9.78. The number of carbonyl (C=O) groups is 1. The summed E-state index contributed by atoms with van der Waals surface area (Å²) >= 11 is 13.4. The molecule has 3 aromatic rings. The number of hydrogen-bond acceptors (Lipinski definition) is 4. The minimum Gasteiger partial charge on any atom is -0.506 e. The van der Waals surface area contributed by atoms with Crippen molar-refractivity contribution in [1.29, 1.82) is 0 Å². The summed E-state index contributed by atoms with van der Waals surface area (Å²) in [6, 6.07) is 12.7. The number of hydrogen-bond donors (Lipinski definition) is 1. The van der Waals surface area contributed by atoms with Gasteiger partial charge in [-0.1, -0.05) is 29.3 Å². The topological polar surface area (TPSA) is 46.5 Å². The number of phenols is 1. The van der Waals surface area contributed by atoms with Crippen molar-refractivity contribution in [2.24, 2.45) is 0 Å². The second-order valence-electron chi connectivity index (χ2n) is 5.39. The quantitative estimate of drug-likeness (QED) is 0.385. The Morgan fingerprint density at radius 1 is 1.19 bits per heavy atom. The van der Waals surface area contributed by atoms with E-state index in [-0.39, 0.29) is 56.7 Å². The SMILES string of the molecule is COc1ccc(-c2cccs2)cc1/C=C/C(=O)c1ccc(Cl)c(Cl)c1O.[Na+]. The van der Waals surface area contributed by atoms with Crippen molar-refractivity contribution < 1.29 is 44.2 Å². The van der Waals surface area contributed by atoms with Gasteiger partial charge in [-0.25, -0.2) is 0 Å². The Labute approximate surface area is 193 Å². The summed E-state index contributed by atoms with van der Waals surface area (Å²) in [6.45, 7) is 0. The van der Waals surface area contributed by atoms with Crippen molar-refractivity contribution in [2.45, 2.75) is 0 Å². The predicted molar refractivity (Wildman–Crippen MR) is 108 cm³/mol. The summed E-state index contributed by atoms with van der Waals surface area (Å²) < 4.78 is 5.37. The summed E-state index contributed by atoms with van der Waals surface area (Å²) in [5, 5.41) is 12.2. The number of benzene rings is 2. The van der Waals surface area contributed by atoms with E-state index in [1.807, 2.05) is 35.7 Å². The first-order valence-electron chi connectivity index (χ1n) is 7.62. The van der Waals surface area contributed by atoms with Gasteiger partial charge in [0, 0.05) is 10.4 Å². The number of carbonyl (C=O) groups excluding carboxylic acids is 1. The summed E-state index contributed by atoms with van der Waals surface area (Å²) in [6.07, 6.45) is 3.02. The smallest absolute Gasteiger partial charge is 0.506 e. The summed E-state index contributed by atoms with van der Waals surface area (Å²) in [7, 11) is 1.57. The molecule has 0 atom stereocenters. The number of phenolic OH excluding ortho intramolecular Hbond substituents is 1. The fourth-order valence-electron chi connectivity index (χ4n) is 2.45. The molecule has 0 fully saturated rings.